The first-order chi connectivity index (χ1) is 9.98. The molecule has 0 amide bonds. The molecule has 4 nitrogen and oxygen atoms in total. The molecule has 0 bridgehead atoms. The van der Waals surface area contributed by atoms with Crippen LogP contribution in [0.3, 0.4) is 0 Å². The number of hydrogen-bond acceptors (Lipinski definition) is 3. The lowest BCUT2D eigenvalue weighted by atomic mass is 10.1. The predicted molar refractivity (Wildman–Crippen MR) is 86.1 cm³/mol. The first-order valence-corrected chi connectivity index (χ1v) is 9.31. The zero-order chi connectivity index (χ0) is 15.5. The second kappa shape index (κ2) is 7.09. The van der Waals surface area contributed by atoms with E-state index >= 15 is 0 Å². The smallest absolute Gasteiger partial charge is 0.243 e. The molecule has 0 spiro atoms. The Hall–Kier alpha value is -0.620. The summed E-state index contributed by atoms with van der Waals surface area (Å²) >= 11 is 5.74. The molecule has 0 N–H and O–H groups in total. The fourth-order valence-electron chi connectivity index (χ4n) is 2.71. The summed E-state index contributed by atoms with van der Waals surface area (Å²) < 4.78 is 26.9. The second-order valence-corrected chi connectivity index (χ2v) is 7.73. The van der Waals surface area contributed by atoms with Gasteiger partial charge in [0.25, 0.3) is 0 Å². The number of piperidine rings is 1. The number of likely N-dealkylation sites (tertiary alicyclic amines) is 1. The molecule has 0 atom stereocenters. The van der Waals surface area contributed by atoms with Crippen molar-refractivity contribution in [3.8, 4) is 0 Å². The van der Waals surface area contributed by atoms with Crippen molar-refractivity contribution < 1.29 is 8.42 Å². The Morgan fingerprint density at radius 1 is 1.24 bits per heavy atom. The van der Waals surface area contributed by atoms with Gasteiger partial charge in [-0.1, -0.05) is 19.1 Å². The van der Waals surface area contributed by atoms with Gasteiger partial charge in [-0.05, 0) is 50.2 Å². The van der Waals surface area contributed by atoms with Crippen LogP contribution in [0, 0.1) is 0 Å². The van der Waals surface area contributed by atoms with Gasteiger partial charge >= 0.3 is 0 Å². The Kier molecular flexibility index (Phi) is 5.66. The van der Waals surface area contributed by atoms with Crippen LogP contribution in [0.5, 0.6) is 0 Å². The Labute approximate surface area is 132 Å². The average Bonchev–Trinajstić information content (AvgIpc) is 2.54. The van der Waals surface area contributed by atoms with E-state index in [2.05, 4.69) is 11.8 Å². The van der Waals surface area contributed by atoms with Gasteiger partial charge in [0.2, 0.25) is 10.0 Å². The Morgan fingerprint density at radius 3 is 2.29 bits per heavy atom. The number of nitrogens with zero attached hydrogens (tertiary/aromatic N) is 2. The minimum atomic E-state index is -3.42. The summed E-state index contributed by atoms with van der Waals surface area (Å²) in [6.45, 7) is 5.10. The van der Waals surface area contributed by atoms with Crippen LogP contribution >= 0.6 is 11.6 Å². The molecule has 6 heteroatoms. The van der Waals surface area contributed by atoms with Gasteiger partial charge in [-0.25, -0.2) is 8.42 Å². The monoisotopic (exact) mass is 330 g/mol. The van der Waals surface area contributed by atoms with Gasteiger partial charge in [0, 0.05) is 19.0 Å². The molecule has 0 aromatic heterocycles. The van der Waals surface area contributed by atoms with E-state index in [0.717, 1.165) is 38.0 Å². The lowest BCUT2D eigenvalue weighted by molar-refractivity contribution is 0.176. The highest BCUT2D eigenvalue weighted by Gasteiger charge is 2.30. The van der Waals surface area contributed by atoms with Crippen molar-refractivity contribution in [1.82, 2.24) is 9.21 Å². The van der Waals surface area contributed by atoms with Crippen LogP contribution < -0.4 is 0 Å². The Balaban J connectivity index is 2.11. The number of benzene rings is 1. The molecule has 1 saturated heterocycles. The maximum atomic E-state index is 12.7. The molecule has 0 saturated carbocycles. The molecule has 1 aliphatic heterocycles. The Morgan fingerprint density at radius 2 is 1.81 bits per heavy atom. The molecule has 0 unspecified atom stereocenters. The number of rotatable bonds is 5. The summed E-state index contributed by atoms with van der Waals surface area (Å²) in [5, 5.41) is 0. The molecule has 1 aromatic carbocycles. The molecule has 21 heavy (non-hydrogen) atoms. The normalized spacial score (nSPS) is 18.3. The van der Waals surface area contributed by atoms with Crippen LogP contribution in [0.15, 0.2) is 29.2 Å². The summed E-state index contributed by atoms with van der Waals surface area (Å²) in [7, 11) is -1.72. The van der Waals surface area contributed by atoms with Crippen LogP contribution in [-0.4, -0.2) is 50.3 Å². The first-order valence-electron chi connectivity index (χ1n) is 7.34. The van der Waals surface area contributed by atoms with Gasteiger partial charge in [-0.2, -0.15) is 4.31 Å². The van der Waals surface area contributed by atoms with E-state index in [0.29, 0.717) is 10.8 Å². The third kappa shape index (κ3) is 3.77. The van der Waals surface area contributed by atoms with E-state index in [4.69, 9.17) is 11.6 Å². The number of hydrogen-bond donors (Lipinski definition) is 0. The van der Waals surface area contributed by atoms with E-state index in [9.17, 15) is 8.42 Å². The van der Waals surface area contributed by atoms with Crippen molar-refractivity contribution in [3.05, 3.63) is 29.8 Å². The maximum absolute atomic E-state index is 12.7. The quantitative estimate of drug-likeness (QED) is 0.779. The van der Waals surface area contributed by atoms with E-state index in [1.165, 1.54) is 4.31 Å². The SMILES string of the molecule is CCN1CCC(N(C)S(=O)(=O)c2ccc(CCl)cc2)CC1. The minimum Gasteiger partial charge on any atom is -0.303 e. The molecule has 0 aliphatic carbocycles. The second-order valence-electron chi connectivity index (χ2n) is 5.46. The van der Waals surface area contributed by atoms with Crippen LogP contribution in [0.2, 0.25) is 0 Å². The van der Waals surface area contributed by atoms with Gasteiger partial charge < -0.3 is 4.90 Å². The molecule has 118 valence electrons. The highest BCUT2D eigenvalue weighted by atomic mass is 35.5. The summed E-state index contributed by atoms with van der Waals surface area (Å²) in [5.74, 6) is 0.394. The van der Waals surface area contributed by atoms with Crippen molar-refractivity contribution in [2.45, 2.75) is 36.6 Å². The van der Waals surface area contributed by atoms with Crippen molar-refractivity contribution in [1.29, 1.82) is 0 Å². The molecule has 0 radical (unpaired) electrons. The van der Waals surface area contributed by atoms with Gasteiger partial charge in [-0.3, -0.25) is 0 Å². The van der Waals surface area contributed by atoms with E-state index in [1.807, 2.05) is 0 Å². The van der Waals surface area contributed by atoms with Gasteiger partial charge in [0.1, 0.15) is 0 Å². The first kappa shape index (κ1) is 16.7. The van der Waals surface area contributed by atoms with Crippen LogP contribution in [0.4, 0.5) is 0 Å². The molecule has 2 rings (SSSR count). The number of sulfonamides is 1. The number of alkyl halides is 1. The van der Waals surface area contributed by atoms with Crippen molar-refractivity contribution in [2.75, 3.05) is 26.7 Å². The largest absolute Gasteiger partial charge is 0.303 e. The zero-order valence-corrected chi connectivity index (χ0v) is 14.2. The van der Waals surface area contributed by atoms with Gasteiger partial charge in [0.05, 0.1) is 4.90 Å². The summed E-state index contributed by atoms with van der Waals surface area (Å²) in [4.78, 5) is 2.70. The summed E-state index contributed by atoms with van der Waals surface area (Å²) in [6.07, 6.45) is 1.78. The van der Waals surface area contributed by atoms with E-state index in [-0.39, 0.29) is 6.04 Å². The predicted octanol–water partition coefficient (Wildman–Crippen LogP) is 2.53. The molecular formula is C15H23ClN2O2S. The van der Waals surface area contributed by atoms with Crippen molar-refractivity contribution in [3.63, 3.8) is 0 Å². The molecule has 1 aliphatic rings. The highest BCUT2D eigenvalue weighted by Crippen LogP contribution is 2.23. The van der Waals surface area contributed by atoms with Crippen LogP contribution in [0.1, 0.15) is 25.3 Å². The van der Waals surface area contributed by atoms with Gasteiger partial charge in [0.15, 0.2) is 0 Å². The zero-order valence-electron chi connectivity index (χ0n) is 12.6. The fraction of sp³-hybridized carbons (Fsp3) is 0.600. The molecular weight excluding hydrogens is 308 g/mol. The molecule has 1 fully saturated rings. The van der Waals surface area contributed by atoms with Crippen molar-refractivity contribution >= 4 is 21.6 Å². The van der Waals surface area contributed by atoms with E-state index in [1.54, 1.807) is 31.3 Å². The highest BCUT2D eigenvalue weighted by molar-refractivity contribution is 7.89. The van der Waals surface area contributed by atoms with Crippen molar-refractivity contribution in [2.24, 2.45) is 0 Å². The lowest BCUT2D eigenvalue weighted by Crippen LogP contribution is -2.45. The topological polar surface area (TPSA) is 40.6 Å². The fourth-order valence-corrected chi connectivity index (χ4v) is 4.31. The third-order valence-electron chi connectivity index (χ3n) is 4.27. The maximum Gasteiger partial charge on any atom is 0.243 e. The molecule has 1 aromatic rings. The van der Waals surface area contributed by atoms with Crippen LogP contribution in [-0.2, 0) is 15.9 Å². The van der Waals surface area contributed by atoms with E-state index < -0.39 is 10.0 Å². The average molecular weight is 331 g/mol. The minimum absolute atomic E-state index is 0.0884. The number of halogens is 1. The lowest BCUT2D eigenvalue weighted by Gasteiger charge is -2.35. The molecule has 1 heterocycles. The third-order valence-corrected chi connectivity index (χ3v) is 6.51. The van der Waals surface area contributed by atoms with Gasteiger partial charge in [-0.15, -0.1) is 11.6 Å². The Bertz CT molecular complexity index is 552. The summed E-state index contributed by atoms with van der Waals surface area (Å²) in [6, 6.07) is 6.92. The summed E-state index contributed by atoms with van der Waals surface area (Å²) in [5.41, 5.74) is 0.925. The van der Waals surface area contributed by atoms with Crippen LogP contribution in [0.25, 0.3) is 0 Å². The standard InChI is InChI=1S/C15H23ClN2O2S/c1-3-18-10-8-14(9-11-18)17(2)21(19,20)15-6-4-13(12-16)5-7-15/h4-7,14H,3,8-12H2,1-2H3.